The number of rotatable bonds is 3. The standard InChI is InChI=1S/C15H23NO2/c1-7-11-8-9-12(14(17)16(5)6)13(10-11)18-15(2,3)4/h8-10H,7H2,1-6H3. The van der Waals surface area contributed by atoms with Crippen LogP contribution in [-0.2, 0) is 6.42 Å². The molecule has 3 heteroatoms. The van der Waals surface area contributed by atoms with Crippen LogP contribution in [-0.4, -0.2) is 30.5 Å². The Morgan fingerprint density at radius 3 is 2.33 bits per heavy atom. The second-order valence-electron chi connectivity index (χ2n) is 5.60. The summed E-state index contributed by atoms with van der Waals surface area (Å²) >= 11 is 0. The van der Waals surface area contributed by atoms with Crippen LogP contribution in [0.15, 0.2) is 18.2 Å². The number of benzene rings is 1. The molecular formula is C15H23NO2. The first kappa shape index (κ1) is 14.6. The molecule has 0 aliphatic rings. The molecule has 3 nitrogen and oxygen atoms in total. The zero-order chi connectivity index (χ0) is 13.9. The minimum Gasteiger partial charge on any atom is -0.487 e. The maximum Gasteiger partial charge on any atom is 0.257 e. The first-order valence-corrected chi connectivity index (χ1v) is 6.28. The van der Waals surface area contributed by atoms with Crippen LogP contribution in [0.4, 0.5) is 0 Å². The van der Waals surface area contributed by atoms with Crippen LogP contribution in [0.2, 0.25) is 0 Å². The van der Waals surface area contributed by atoms with Gasteiger partial charge in [0, 0.05) is 14.1 Å². The summed E-state index contributed by atoms with van der Waals surface area (Å²) in [6.07, 6.45) is 0.928. The molecule has 100 valence electrons. The Hall–Kier alpha value is -1.51. The molecule has 1 amide bonds. The Bertz CT molecular complexity index is 431. The van der Waals surface area contributed by atoms with E-state index in [1.165, 1.54) is 5.56 Å². The van der Waals surface area contributed by atoms with E-state index in [2.05, 4.69) is 6.92 Å². The highest BCUT2D eigenvalue weighted by molar-refractivity contribution is 5.96. The molecule has 0 aliphatic heterocycles. The van der Waals surface area contributed by atoms with Crippen molar-refractivity contribution < 1.29 is 9.53 Å². The Labute approximate surface area is 110 Å². The minimum absolute atomic E-state index is 0.0306. The van der Waals surface area contributed by atoms with E-state index in [1.807, 2.05) is 39.0 Å². The topological polar surface area (TPSA) is 29.5 Å². The summed E-state index contributed by atoms with van der Waals surface area (Å²) in [5.74, 6) is 0.637. The number of ether oxygens (including phenoxy) is 1. The minimum atomic E-state index is -0.312. The van der Waals surface area contributed by atoms with Crippen molar-refractivity contribution in [3.63, 3.8) is 0 Å². The van der Waals surface area contributed by atoms with Crippen LogP contribution in [0, 0.1) is 0 Å². The molecular weight excluding hydrogens is 226 g/mol. The summed E-state index contributed by atoms with van der Waals surface area (Å²) in [5.41, 5.74) is 1.48. The first-order valence-electron chi connectivity index (χ1n) is 6.28. The van der Waals surface area contributed by atoms with Crippen LogP contribution >= 0.6 is 0 Å². The van der Waals surface area contributed by atoms with Gasteiger partial charge >= 0.3 is 0 Å². The quantitative estimate of drug-likeness (QED) is 0.823. The van der Waals surface area contributed by atoms with Gasteiger partial charge in [-0.05, 0) is 44.9 Å². The number of carbonyl (C=O) groups is 1. The van der Waals surface area contributed by atoms with Crippen molar-refractivity contribution in [2.45, 2.75) is 39.7 Å². The van der Waals surface area contributed by atoms with E-state index in [1.54, 1.807) is 19.0 Å². The number of amides is 1. The summed E-state index contributed by atoms with van der Waals surface area (Å²) in [5, 5.41) is 0. The number of aryl methyl sites for hydroxylation is 1. The second kappa shape index (κ2) is 5.42. The van der Waals surface area contributed by atoms with Crippen molar-refractivity contribution in [1.82, 2.24) is 4.90 Å². The predicted octanol–water partition coefficient (Wildman–Crippen LogP) is 3.13. The van der Waals surface area contributed by atoms with Crippen molar-refractivity contribution in [2.24, 2.45) is 0 Å². The Morgan fingerprint density at radius 1 is 1.28 bits per heavy atom. The van der Waals surface area contributed by atoms with Gasteiger partial charge in [0.15, 0.2) is 0 Å². The fourth-order valence-corrected chi connectivity index (χ4v) is 1.62. The average molecular weight is 249 g/mol. The fraction of sp³-hybridized carbons (Fsp3) is 0.533. The normalized spacial score (nSPS) is 11.2. The molecule has 0 atom stereocenters. The fourth-order valence-electron chi connectivity index (χ4n) is 1.62. The maximum atomic E-state index is 12.1. The summed E-state index contributed by atoms with van der Waals surface area (Å²) in [4.78, 5) is 13.7. The van der Waals surface area contributed by atoms with E-state index in [9.17, 15) is 4.79 Å². The van der Waals surface area contributed by atoms with Crippen molar-refractivity contribution in [3.05, 3.63) is 29.3 Å². The molecule has 0 spiro atoms. The van der Waals surface area contributed by atoms with Crippen LogP contribution in [0.1, 0.15) is 43.6 Å². The molecule has 18 heavy (non-hydrogen) atoms. The monoisotopic (exact) mass is 249 g/mol. The van der Waals surface area contributed by atoms with Gasteiger partial charge in [-0.1, -0.05) is 13.0 Å². The average Bonchev–Trinajstić information content (AvgIpc) is 2.25. The van der Waals surface area contributed by atoms with E-state index in [-0.39, 0.29) is 11.5 Å². The van der Waals surface area contributed by atoms with Gasteiger partial charge in [0.05, 0.1) is 5.56 Å². The van der Waals surface area contributed by atoms with Crippen LogP contribution in [0.3, 0.4) is 0 Å². The third-order valence-electron chi connectivity index (χ3n) is 2.51. The highest BCUT2D eigenvalue weighted by Gasteiger charge is 2.19. The SMILES string of the molecule is CCc1ccc(C(=O)N(C)C)c(OC(C)(C)C)c1. The highest BCUT2D eigenvalue weighted by atomic mass is 16.5. The van der Waals surface area contributed by atoms with Crippen molar-refractivity contribution in [1.29, 1.82) is 0 Å². The highest BCUT2D eigenvalue weighted by Crippen LogP contribution is 2.26. The first-order chi connectivity index (χ1) is 8.24. The number of hydrogen-bond acceptors (Lipinski definition) is 2. The van der Waals surface area contributed by atoms with Crippen molar-refractivity contribution in [2.75, 3.05) is 14.1 Å². The van der Waals surface area contributed by atoms with E-state index in [4.69, 9.17) is 4.74 Å². The third kappa shape index (κ3) is 3.76. The van der Waals surface area contributed by atoms with Gasteiger partial charge in [-0.25, -0.2) is 0 Å². The molecule has 1 aromatic rings. The largest absolute Gasteiger partial charge is 0.487 e. The van der Waals surface area contributed by atoms with E-state index < -0.39 is 0 Å². The molecule has 1 aromatic carbocycles. The van der Waals surface area contributed by atoms with Gasteiger partial charge in [0.25, 0.3) is 5.91 Å². The lowest BCUT2D eigenvalue weighted by atomic mass is 10.1. The summed E-state index contributed by atoms with van der Waals surface area (Å²) < 4.78 is 5.90. The molecule has 0 aromatic heterocycles. The lowest BCUT2D eigenvalue weighted by Crippen LogP contribution is -2.27. The van der Waals surface area contributed by atoms with E-state index in [0.29, 0.717) is 11.3 Å². The van der Waals surface area contributed by atoms with Gasteiger partial charge in [-0.3, -0.25) is 4.79 Å². The molecule has 1 rings (SSSR count). The lowest BCUT2D eigenvalue weighted by molar-refractivity contribution is 0.0809. The summed E-state index contributed by atoms with van der Waals surface area (Å²) in [7, 11) is 3.49. The number of hydrogen-bond donors (Lipinski definition) is 0. The summed E-state index contributed by atoms with van der Waals surface area (Å²) in [6, 6.07) is 5.79. The van der Waals surface area contributed by atoms with Gasteiger partial charge < -0.3 is 9.64 Å². The molecule has 0 fully saturated rings. The Morgan fingerprint density at radius 2 is 1.89 bits per heavy atom. The smallest absolute Gasteiger partial charge is 0.257 e. The molecule has 0 saturated carbocycles. The van der Waals surface area contributed by atoms with E-state index in [0.717, 1.165) is 6.42 Å². The van der Waals surface area contributed by atoms with E-state index >= 15 is 0 Å². The van der Waals surface area contributed by atoms with Crippen molar-refractivity contribution in [3.8, 4) is 5.75 Å². The molecule has 0 bridgehead atoms. The molecule has 0 N–H and O–H groups in total. The number of carbonyl (C=O) groups excluding carboxylic acids is 1. The predicted molar refractivity (Wildman–Crippen MR) is 74.2 cm³/mol. The van der Waals surface area contributed by atoms with Gasteiger partial charge in [0.1, 0.15) is 11.4 Å². The summed E-state index contributed by atoms with van der Waals surface area (Å²) in [6.45, 7) is 8.03. The van der Waals surface area contributed by atoms with Crippen LogP contribution in [0.25, 0.3) is 0 Å². The molecule has 0 saturated heterocycles. The zero-order valence-electron chi connectivity index (χ0n) is 12.2. The Kier molecular flexibility index (Phi) is 4.38. The van der Waals surface area contributed by atoms with Crippen molar-refractivity contribution >= 4 is 5.91 Å². The molecule has 0 unspecified atom stereocenters. The van der Waals surface area contributed by atoms with Crippen LogP contribution < -0.4 is 4.74 Å². The lowest BCUT2D eigenvalue weighted by Gasteiger charge is -2.24. The molecule has 0 radical (unpaired) electrons. The van der Waals surface area contributed by atoms with Gasteiger partial charge in [-0.2, -0.15) is 0 Å². The molecule has 0 heterocycles. The molecule has 0 aliphatic carbocycles. The van der Waals surface area contributed by atoms with Gasteiger partial charge in [-0.15, -0.1) is 0 Å². The Balaban J connectivity index is 3.20. The maximum absolute atomic E-state index is 12.1. The number of nitrogens with zero attached hydrogens (tertiary/aromatic N) is 1. The van der Waals surface area contributed by atoms with Gasteiger partial charge in [0.2, 0.25) is 0 Å². The second-order valence-corrected chi connectivity index (χ2v) is 5.60. The zero-order valence-corrected chi connectivity index (χ0v) is 12.2. The third-order valence-corrected chi connectivity index (χ3v) is 2.51. The van der Waals surface area contributed by atoms with Crippen LogP contribution in [0.5, 0.6) is 5.75 Å².